The zero-order chi connectivity index (χ0) is 9.26. The Morgan fingerprint density at radius 1 is 1.77 bits per heavy atom. The summed E-state index contributed by atoms with van der Waals surface area (Å²) >= 11 is 0. The fourth-order valence-corrected chi connectivity index (χ4v) is 1.95. The van der Waals surface area contributed by atoms with Crippen LogP contribution >= 0.6 is 0 Å². The topological polar surface area (TPSA) is 34.9 Å². The lowest BCUT2D eigenvalue weighted by molar-refractivity contribution is -0.111. The molecule has 0 bridgehead atoms. The monoisotopic (exact) mass is 178 g/mol. The number of fused-ring (bicyclic) bond motifs is 1. The SMILES string of the molecule is CCc1ncc2n1CCC(C=O)C2. The van der Waals surface area contributed by atoms with E-state index in [4.69, 9.17) is 0 Å². The number of nitrogens with zero attached hydrogens (tertiary/aromatic N) is 2. The van der Waals surface area contributed by atoms with Gasteiger partial charge < -0.3 is 9.36 Å². The molecule has 3 heteroatoms. The number of imidazole rings is 1. The van der Waals surface area contributed by atoms with E-state index in [1.165, 1.54) is 5.69 Å². The molecule has 1 atom stereocenters. The van der Waals surface area contributed by atoms with Crippen molar-refractivity contribution in [3.8, 4) is 0 Å². The second-order valence-electron chi connectivity index (χ2n) is 3.56. The molecule has 0 spiro atoms. The number of hydrogen-bond donors (Lipinski definition) is 0. The Bertz CT molecular complexity index is 317. The minimum Gasteiger partial charge on any atom is -0.332 e. The van der Waals surface area contributed by atoms with Crippen molar-refractivity contribution in [2.75, 3.05) is 0 Å². The van der Waals surface area contributed by atoms with Crippen molar-refractivity contribution >= 4 is 6.29 Å². The van der Waals surface area contributed by atoms with Gasteiger partial charge in [0.25, 0.3) is 0 Å². The Balaban J connectivity index is 2.27. The van der Waals surface area contributed by atoms with Gasteiger partial charge in [0.1, 0.15) is 12.1 Å². The minimum absolute atomic E-state index is 0.217. The van der Waals surface area contributed by atoms with Gasteiger partial charge in [-0.15, -0.1) is 0 Å². The summed E-state index contributed by atoms with van der Waals surface area (Å²) in [6, 6.07) is 0. The van der Waals surface area contributed by atoms with E-state index in [2.05, 4.69) is 16.5 Å². The van der Waals surface area contributed by atoms with Gasteiger partial charge in [-0.05, 0) is 12.8 Å². The number of aldehydes is 1. The number of carbonyl (C=O) groups excluding carboxylic acids is 1. The molecule has 0 aliphatic carbocycles. The van der Waals surface area contributed by atoms with Gasteiger partial charge in [-0.3, -0.25) is 0 Å². The molecule has 13 heavy (non-hydrogen) atoms. The summed E-state index contributed by atoms with van der Waals surface area (Å²) in [6.45, 7) is 3.07. The molecule has 0 saturated heterocycles. The highest BCUT2D eigenvalue weighted by Crippen LogP contribution is 2.20. The van der Waals surface area contributed by atoms with Crippen LogP contribution in [0.1, 0.15) is 24.9 Å². The van der Waals surface area contributed by atoms with Gasteiger partial charge in [0, 0.05) is 30.8 Å². The van der Waals surface area contributed by atoms with Crippen LogP contribution in [-0.4, -0.2) is 15.8 Å². The summed E-state index contributed by atoms with van der Waals surface area (Å²) in [7, 11) is 0. The van der Waals surface area contributed by atoms with Crippen LogP contribution in [0.25, 0.3) is 0 Å². The molecule has 2 rings (SSSR count). The summed E-state index contributed by atoms with van der Waals surface area (Å²) in [5.41, 5.74) is 1.22. The fraction of sp³-hybridized carbons (Fsp3) is 0.600. The van der Waals surface area contributed by atoms with Crippen molar-refractivity contribution in [1.82, 2.24) is 9.55 Å². The fourth-order valence-electron chi connectivity index (χ4n) is 1.95. The number of aryl methyl sites for hydroxylation is 1. The molecule has 1 aliphatic rings. The molecule has 0 saturated carbocycles. The average Bonchev–Trinajstić information content (AvgIpc) is 2.59. The van der Waals surface area contributed by atoms with Crippen molar-refractivity contribution in [3.63, 3.8) is 0 Å². The summed E-state index contributed by atoms with van der Waals surface area (Å²) < 4.78 is 2.25. The van der Waals surface area contributed by atoms with Crippen molar-refractivity contribution in [3.05, 3.63) is 17.7 Å². The standard InChI is InChI=1S/C10H14N2O/c1-2-10-11-6-9-5-8(7-13)3-4-12(9)10/h6-8H,2-5H2,1H3. The third-order valence-electron chi connectivity index (χ3n) is 2.72. The number of carbonyl (C=O) groups is 1. The van der Waals surface area contributed by atoms with Crippen LogP contribution < -0.4 is 0 Å². The van der Waals surface area contributed by atoms with Gasteiger partial charge in [-0.1, -0.05) is 6.92 Å². The van der Waals surface area contributed by atoms with Crippen molar-refractivity contribution < 1.29 is 4.79 Å². The van der Waals surface area contributed by atoms with Crippen LogP contribution in [0.2, 0.25) is 0 Å². The van der Waals surface area contributed by atoms with Crippen molar-refractivity contribution in [2.45, 2.75) is 32.7 Å². The third-order valence-corrected chi connectivity index (χ3v) is 2.72. The van der Waals surface area contributed by atoms with Crippen LogP contribution in [0.5, 0.6) is 0 Å². The van der Waals surface area contributed by atoms with E-state index >= 15 is 0 Å². The molecule has 1 aromatic rings. The van der Waals surface area contributed by atoms with Gasteiger partial charge in [0.2, 0.25) is 0 Å². The Morgan fingerprint density at radius 2 is 2.62 bits per heavy atom. The summed E-state index contributed by atoms with van der Waals surface area (Å²) in [4.78, 5) is 14.9. The lowest BCUT2D eigenvalue weighted by Crippen LogP contribution is -2.20. The van der Waals surface area contributed by atoms with Crippen LogP contribution in [-0.2, 0) is 24.2 Å². The first-order chi connectivity index (χ1) is 6.35. The van der Waals surface area contributed by atoms with Gasteiger partial charge >= 0.3 is 0 Å². The Labute approximate surface area is 77.8 Å². The lowest BCUT2D eigenvalue weighted by Gasteiger charge is -2.20. The number of aromatic nitrogens is 2. The molecule has 0 radical (unpaired) electrons. The van der Waals surface area contributed by atoms with E-state index in [0.717, 1.165) is 37.9 Å². The van der Waals surface area contributed by atoms with Crippen LogP contribution in [0.15, 0.2) is 6.20 Å². The maximum Gasteiger partial charge on any atom is 0.123 e. The largest absolute Gasteiger partial charge is 0.332 e. The van der Waals surface area contributed by atoms with Gasteiger partial charge in [-0.2, -0.15) is 0 Å². The normalized spacial score (nSPS) is 21.2. The molecule has 70 valence electrons. The minimum atomic E-state index is 0.217. The van der Waals surface area contributed by atoms with E-state index in [0.29, 0.717) is 0 Å². The van der Waals surface area contributed by atoms with Gasteiger partial charge in [0.15, 0.2) is 0 Å². The van der Waals surface area contributed by atoms with Crippen LogP contribution in [0.4, 0.5) is 0 Å². The Hall–Kier alpha value is -1.12. The summed E-state index contributed by atoms with van der Waals surface area (Å²) in [5.74, 6) is 1.37. The molecule has 1 unspecified atom stereocenters. The lowest BCUT2D eigenvalue weighted by atomic mass is 9.98. The second kappa shape index (κ2) is 3.32. The van der Waals surface area contributed by atoms with E-state index in [1.807, 2.05) is 6.20 Å². The third kappa shape index (κ3) is 1.39. The van der Waals surface area contributed by atoms with Crippen molar-refractivity contribution in [2.24, 2.45) is 5.92 Å². The highest BCUT2D eigenvalue weighted by Gasteiger charge is 2.19. The van der Waals surface area contributed by atoms with E-state index in [-0.39, 0.29) is 5.92 Å². The molecule has 0 N–H and O–H groups in total. The smallest absolute Gasteiger partial charge is 0.123 e. The molecular formula is C10H14N2O. The number of hydrogen-bond acceptors (Lipinski definition) is 2. The van der Waals surface area contributed by atoms with E-state index in [1.54, 1.807) is 0 Å². The van der Waals surface area contributed by atoms with Crippen molar-refractivity contribution in [1.29, 1.82) is 0 Å². The maximum atomic E-state index is 10.6. The molecular weight excluding hydrogens is 164 g/mol. The molecule has 3 nitrogen and oxygen atoms in total. The first kappa shape index (κ1) is 8.48. The quantitative estimate of drug-likeness (QED) is 0.638. The molecule has 0 amide bonds. The summed E-state index contributed by atoms with van der Waals surface area (Å²) in [6.07, 6.45) is 5.80. The first-order valence-corrected chi connectivity index (χ1v) is 4.83. The van der Waals surface area contributed by atoms with Crippen LogP contribution in [0, 0.1) is 5.92 Å². The molecule has 0 aromatic carbocycles. The second-order valence-corrected chi connectivity index (χ2v) is 3.56. The molecule has 1 aromatic heterocycles. The van der Waals surface area contributed by atoms with E-state index < -0.39 is 0 Å². The average molecular weight is 178 g/mol. The predicted octanol–water partition coefficient (Wildman–Crippen LogP) is 1.21. The zero-order valence-electron chi connectivity index (χ0n) is 7.86. The van der Waals surface area contributed by atoms with Gasteiger partial charge in [-0.25, -0.2) is 4.98 Å². The van der Waals surface area contributed by atoms with Gasteiger partial charge in [0.05, 0.1) is 0 Å². The molecule has 0 fully saturated rings. The maximum absolute atomic E-state index is 10.6. The molecule has 1 aliphatic heterocycles. The highest BCUT2D eigenvalue weighted by atomic mass is 16.1. The van der Waals surface area contributed by atoms with Crippen LogP contribution in [0.3, 0.4) is 0 Å². The highest BCUT2D eigenvalue weighted by molar-refractivity contribution is 5.54. The van der Waals surface area contributed by atoms with E-state index in [9.17, 15) is 4.79 Å². The Kier molecular flexibility index (Phi) is 2.17. The zero-order valence-corrected chi connectivity index (χ0v) is 7.86. The number of rotatable bonds is 2. The first-order valence-electron chi connectivity index (χ1n) is 4.83. The molecule has 2 heterocycles. The predicted molar refractivity (Wildman–Crippen MR) is 49.5 cm³/mol. The Morgan fingerprint density at radius 3 is 3.31 bits per heavy atom. The summed E-state index contributed by atoms with van der Waals surface area (Å²) in [5, 5.41) is 0.